The molecule has 0 aliphatic heterocycles. The lowest BCUT2D eigenvalue weighted by atomic mass is 10.1. The van der Waals surface area contributed by atoms with Crippen molar-refractivity contribution < 1.29 is 14.3 Å². The zero-order valence-corrected chi connectivity index (χ0v) is 15.0. The van der Waals surface area contributed by atoms with Gasteiger partial charge in [-0.15, -0.1) is 0 Å². The Labute approximate surface area is 152 Å². The summed E-state index contributed by atoms with van der Waals surface area (Å²) in [5, 5.41) is 6.15. The summed E-state index contributed by atoms with van der Waals surface area (Å²) in [6, 6.07) is 13.6. The maximum absolute atomic E-state index is 12.4. The first kappa shape index (κ1) is 18.8. The summed E-state index contributed by atoms with van der Waals surface area (Å²) in [5.74, 6) is -0.0178. The Balaban J connectivity index is 2.04. The van der Waals surface area contributed by atoms with E-state index in [4.69, 9.17) is 16.3 Å². The van der Waals surface area contributed by atoms with Crippen LogP contribution >= 0.6 is 11.6 Å². The van der Waals surface area contributed by atoms with Crippen LogP contribution in [-0.2, 0) is 4.79 Å². The molecule has 0 fully saturated rings. The second-order valence-corrected chi connectivity index (χ2v) is 5.94. The van der Waals surface area contributed by atoms with Crippen LogP contribution in [0.15, 0.2) is 48.5 Å². The van der Waals surface area contributed by atoms with Crippen LogP contribution in [0.5, 0.6) is 5.75 Å². The summed E-state index contributed by atoms with van der Waals surface area (Å²) in [6.07, 6.45) is 0.111. The van der Waals surface area contributed by atoms with Crippen LogP contribution in [0, 0.1) is 0 Å². The zero-order valence-electron chi connectivity index (χ0n) is 14.2. The minimum atomic E-state index is -0.729. The van der Waals surface area contributed by atoms with Gasteiger partial charge < -0.3 is 15.4 Å². The molecule has 6 heteroatoms. The van der Waals surface area contributed by atoms with E-state index < -0.39 is 6.10 Å². The highest BCUT2D eigenvalue weighted by molar-refractivity contribution is 6.30. The number of hydrogen-bond acceptors (Lipinski definition) is 3. The molecule has 0 radical (unpaired) electrons. The summed E-state index contributed by atoms with van der Waals surface area (Å²) in [4.78, 5) is 24.6. The van der Waals surface area contributed by atoms with Gasteiger partial charge in [-0.2, -0.15) is 0 Å². The van der Waals surface area contributed by atoms with Crippen molar-refractivity contribution in [2.75, 3.05) is 11.9 Å². The molecule has 0 aliphatic carbocycles. The van der Waals surface area contributed by atoms with Crippen LogP contribution in [0.3, 0.4) is 0 Å². The van der Waals surface area contributed by atoms with E-state index in [1.165, 1.54) is 0 Å². The van der Waals surface area contributed by atoms with E-state index in [1.54, 1.807) is 55.5 Å². The number of carbonyl (C=O) groups is 2. The Morgan fingerprint density at radius 1 is 1.12 bits per heavy atom. The third-order valence-corrected chi connectivity index (χ3v) is 3.71. The van der Waals surface area contributed by atoms with Gasteiger partial charge in [0.25, 0.3) is 11.8 Å². The molecular formula is C19H21ClN2O3. The fourth-order valence-corrected chi connectivity index (χ4v) is 2.26. The standard InChI is InChI=1S/C19H21ClN2O3/c1-3-12-21-19(24)16-6-4-5-7-17(16)22-18(23)13(2)25-15-10-8-14(20)9-11-15/h4-11,13H,3,12H2,1-2H3,(H,21,24)(H,22,23)/t13-/m0/s1. The fraction of sp³-hybridized carbons (Fsp3) is 0.263. The molecule has 2 amide bonds. The lowest BCUT2D eigenvalue weighted by Crippen LogP contribution is -2.31. The van der Waals surface area contributed by atoms with Gasteiger partial charge in [0.15, 0.2) is 6.10 Å². The molecule has 0 aromatic heterocycles. The van der Waals surface area contributed by atoms with Gasteiger partial charge in [0.1, 0.15) is 5.75 Å². The molecule has 0 bridgehead atoms. The maximum atomic E-state index is 12.4. The predicted octanol–water partition coefficient (Wildman–Crippen LogP) is 3.89. The fourth-order valence-electron chi connectivity index (χ4n) is 2.13. The molecule has 0 heterocycles. The van der Waals surface area contributed by atoms with Crippen LogP contribution in [0.2, 0.25) is 5.02 Å². The van der Waals surface area contributed by atoms with Crippen LogP contribution in [-0.4, -0.2) is 24.5 Å². The van der Waals surface area contributed by atoms with Crippen molar-refractivity contribution in [3.8, 4) is 5.75 Å². The Morgan fingerprint density at radius 2 is 1.80 bits per heavy atom. The van der Waals surface area contributed by atoms with Gasteiger partial charge in [0.05, 0.1) is 11.3 Å². The summed E-state index contributed by atoms with van der Waals surface area (Å²) in [7, 11) is 0. The van der Waals surface area contributed by atoms with E-state index in [0.717, 1.165) is 6.42 Å². The molecule has 2 N–H and O–H groups in total. The molecule has 25 heavy (non-hydrogen) atoms. The van der Waals surface area contributed by atoms with Gasteiger partial charge >= 0.3 is 0 Å². The Morgan fingerprint density at radius 3 is 2.48 bits per heavy atom. The Kier molecular flexibility index (Phi) is 6.83. The first-order valence-electron chi connectivity index (χ1n) is 8.11. The minimum absolute atomic E-state index is 0.218. The van der Waals surface area contributed by atoms with Gasteiger partial charge in [-0.3, -0.25) is 9.59 Å². The van der Waals surface area contributed by atoms with Gasteiger partial charge in [-0.05, 0) is 49.7 Å². The highest BCUT2D eigenvalue weighted by Gasteiger charge is 2.18. The zero-order chi connectivity index (χ0) is 18.2. The summed E-state index contributed by atoms with van der Waals surface area (Å²) in [5.41, 5.74) is 0.871. The summed E-state index contributed by atoms with van der Waals surface area (Å²) >= 11 is 5.83. The van der Waals surface area contributed by atoms with Gasteiger partial charge in [-0.1, -0.05) is 30.7 Å². The minimum Gasteiger partial charge on any atom is -0.481 e. The quantitative estimate of drug-likeness (QED) is 0.787. The number of amides is 2. The highest BCUT2D eigenvalue weighted by Crippen LogP contribution is 2.19. The van der Waals surface area contributed by atoms with E-state index in [-0.39, 0.29) is 11.8 Å². The lowest BCUT2D eigenvalue weighted by molar-refractivity contribution is -0.122. The van der Waals surface area contributed by atoms with Crippen LogP contribution < -0.4 is 15.4 Å². The first-order valence-corrected chi connectivity index (χ1v) is 8.49. The smallest absolute Gasteiger partial charge is 0.265 e. The number of carbonyl (C=O) groups excluding carboxylic acids is 2. The van der Waals surface area contributed by atoms with Crippen molar-refractivity contribution in [2.45, 2.75) is 26.4 Å². The number of hydrogen-bond donors (Lipinski definition) is 2. The van der Waals surface area contributed by atoms with E-state index >= 15 is 0 Å². The van der Waals surface area contributed by atoms with E-state index in [9.17, 15) is 9.59 Å². The summed E-state index contributed by atoms with van der Waals surface area (Å²) in [6.45, 7) is 4.20. The monoisotopic (exact) mass is 360 g/mol. The molecule has 0 saturated carbocycles. The molecule has 0 unspecified atom stereocenters. The topological polar surface area (TPSA) is 67.4 Å². The van der Waals surface area contributed by atoms with Gasteiger partial charge in [0, 0.05) is 11.6 Å². The van der Waals surface area contributed by atoms with Gasteiger partial charge in [0.2, 0.25) is 0 Å². The van der Waals surface area contributed by atoms with Crippen LogP contribution in [0.25, 0.3) is 0 Å². The average Bonchev–Trinajstić information content (AvgIpc) is 2.62. The molecule has 0 aliphatic rings. The van der Waals surface area contributed by atoms with Crippen LogP contribution in [0.1, 0.15) is 30.6 Å². The van der Waals surface area contributed by atoms with Crippen molar-refractivity contribution >= 4 is 29.1 Å². The second kappa shape index (κ2) is 9.08. The molecular weight excluding hydrogens is 340 g/mol. The molecule has 2 rings (SSSR count). The Hall–Kier alpha value is -2.53. The number of ether oxygens (including phenoxy) is 1. The number of benzene rings is 2. The average molecular weight is 361 g/mol. The third kappa shape index (κ3) is 5.50. The van der Waals surface area contributed by atoms with E-state index in [0.29, 0.717) is 28.6 Å². The van der Waals surface area contributed by atoms with Crippen molar-refractivity contribution in [1.29, 1.82) is 0 Å². The number of nitrogens with one attached hydrogen (secondary N) is 2. The molecule has 0 saturated heterocycles. The molecule has 0 spiro atoms. The number of anilines is 1. The lowest BCUT2D eigenvalue weighted by Gasteiger charge is -2.16. The number of halogens is 1. The summed E-state index contributed by atoms with van der Waals surface area (Å²) < 4.78 is 5.60. The predicted molar refractivity (Wildman–Crippen MR) is 99.2 cm³/mol. The van der Waals surface area contributed by atoms with E-state index in [1.807, 2.05) is 6.92 Å². The van der Waals surface area contributed by atoms with Crippen molar-refractivity contribution in [3.05, 3.63) is 59.1 Å². The first-order chi connectivity index (χ1) is 12.0. The highest BCUT2D eigenvalue weighted by atomic mass is 35.5. The van der Waals surface area contributed by atoms with E-state index in [2.05, 4.69) is 10.6 Å². The number of rotatable bonds is 7. The van der Waals surface area contributed by atoms with Crippen molar-refractivity contribution in [1.82, 2.24) is 5.32 Å². The Bertz CT molecular complexity index is 732. The molecule has 5 nitrogen and oxygen atoms in total. The maximum Gasteiger partial charge on any atom is 0.265 e. The number of para-hydroxylation sites is 1. The largest absolute Gasteiger partial charge is 0.481 e. The SMILES string of the molecule is CCCNC(=O)c1ccccc1NC(=O)[C@H](C)Oc1ccc(Cl)cc1. The molecule has 132 valence electrons. The van der Waals surface area contributed by atoms with Crippen molar-refractivity contribution in [2.24, 2.45) is 0 Å². The molecule has 2 aromatic carbocycles. The molecule has 1 atom stereocenters. The third-order valence-electron chi connectivity index (χ3n) is 3.46. The van der Waals surface area contributed by atoms with Crippen molar-refractivity contribution in [3.63, 3.8) is 0 Å². The second-order valence-electron chi connectivity index (χ2n) is 5.50. The van der Waals surface area contributed by atoms with Gasteiger partial charge in [-0.25, -0.2) is 0 Å². The van der Waals surface area contributed by atoms with Crippen LogP contribution in [0.4, 0.5) is 5.69 Å². The normalized spacial score (nSPS) is 11.5. The molecule has 2 aromatic rings.